The Bertz CT molecular complexity index is 711. The SMILES string of the molecule is Cc1ccc(C(C)(C)C)cc1S(=O)(=O)N[C@H]1C2CCN(CC2)[C@@H]1C. The Labute approximate surface area is 146 Å². The van der Waals surface area contributed by atoms with E-state index >= 15 is 0 Å². The molecule has 0 amide bonds. The largest absolute Gasteiger partial charge is 0.299 e. The second kappa shape index (κ2) is 6.11. The minimum absolute atomic E-state index is 0.0233. The molecule has 1 aromatic carbocycles. The Morgan fingerprint density at radius 3 is 2.33 bits per heavy atom. The Morgan fingerprint density at radius 2 is 1.79 bits per heavy atom. The highest BCUT2D eigenvalue weighted by atomic mass is 32.2. The maximum Gasteiger partial charge on any atom is 0.241 e. The summed E-state index contributed by atoms with van der Waals surface area (Å²) in [7, 11) is -3.51. The van der Waals surface area contributed by atoms with Crippen LogP contribution in [0.4, 0.5) is 0 Å². The van der Waals surface area contributed by atoms with Crippen molar-refractivity contribution in [2.75, 3.05) is 13.1 Å². The van der Waals surface area contributed by atoms with Gasteiger partial charge in [0.1, 0.15) is 0 Å². The fourth-order valence-electron chi connectivity index (χ4n) is 4.10. The molecule has 0 aliphatic carbocycles. The molecule has 0 aromatic heterocycles. The molecule has 3 aliphatic rings. The Balaban J connectivity index is 1.91. The first-order valence-corrected chi connectivity index (χ1v) is 10.5. The predicted molar refractivity (Wildman–Crippen MR) is 97.7 cm³/mol. The normalized spacial score (nSPS) is 30.5. The molecule has 3 heterocycles. The molecule has 1 aromatic rings. The zero-order valence-electron chi connectivity index (χ0n) is 15.5. The average Bonchev–Trinajstić information content (AvgIpc) is 2.50. The molecule has 5 heteroatoms. The van der Waals surface area contributed by atoms with Gasteiger partial charge in [-0.1, -0.05) is 32.9 Å². The van der Waals surface area contributed by atoms with Crippen LogP contribution >= 0.6 is 0 Å². The number of piperidine rings is 3. The van der Waals surface area contributed by atoms with Gasteiger partial charge in [-0.05, 0) is 68.3 Å². The van der Waals surface area contributed by atoms with Gasteiger partial charge in [-0.3, -0.25) is 4.90 Å². The molecule has 3 saturated heterocycles. The summed E-state index contributed by atoms with van der Waals surface area (Å²) in [6.45, 7) is 12.5. The van der Waals surface area contributed by atoms with E-state index < -0.39 is 10.0 Å². The average molecular weight is 351 g/mol. The van der Waals surface area contributed by atoms with Crippen molar-refractivity contribution in [3.05, 3.63) is 29.3 Å². The van der Waals surface area contributed by atoms with Crippen LogP contribution in [-0.2, 0) is 15.4 Å². The van der Waals surface area contributed by atoms with E-state index in [-0.39, 0.29) is 17.5 Å². The minimum atomic E-state index is -3.51. The van der Waals surface area contributed by atoms with E-state index in [4.69, 9.17) is 0 Å². The summed E-state index contributed by atoms with van der Waals surface area (Å²) in [6.07, 6.45) is 2.19. The minimum Gasteiger partial charge on any atom is -0.299 e. The van der Waals surface area contributed by atoms with Gasteiger partial charge in [-0.25, -0.2) is 13.1 Å². The number of nitrogens with one attached hydrogen (secondary N) is 1. The van der Waals surface area contributed by atoms with Crippen LogP contribution in [0.5, 0.6) is 0 Å². The second-order valence-electron chi connectivity index (χ2n) is 8.49. The summed E-state index contributed by atoms with van der Waals surface area (Å²) in [5.74, 6) is 0.464. The van der Waals surface area contributed by atoms with E-state index in [0.717, 1.165) is 37.1 Å². The molecule has 24 heavy (non-hydrogen) atoms. The number of nitrogens with zero attached hydrogens (tertiary/aromatic N) is 1. The monoisotopic (exact) mass is 350 g/mol. The first kappa shape index (κ1) is 17.9. The van der Waals surface area contributed by atoms with Gasteiger partial charge in [-0.15, -0.1) is 0 Å². The third-order valence-electron chi connectivity index (χ3n) is 5.81. The van der Waals surface area contributed by atoms with Crippen LogP contribution in [0.3, 0.4) is 0 Å². The quantitative estimate of drug-likeness (QED) is 0.911. The van der Waals surface area contributed by atoms with Crippen LogP contribution in [0.1, 0.15) is 51.7 Å². The Kier molecular flexibility index (Phi) is 4.56. The molecule has 1 N–H and O–H groups in total. The number of hydrogen-bond acceptors (Lipinski definition) is 3. The number of benzene rings is 1. The van der Waals surface area contributed by atoms with Crippen molar-refractivity contribution in [1.29, 1.82) is 0 Å². The topological polar surface area (TPSA) is 49.4 Å². The lowest BCUT2D eigenvalue weighted by atomic mass is 9.80. The van der Waals surface area contributed by atoms with Crippen molar-refractivity contribution in [2.45, 2.75) is 69.9 Å². The van der Waals surface area contributed by atoms with Crippen molar-refractivity contribution in [3.63, 3.8) is 0 Å². The summed E-state index contributed by atoms with van der Waals surface area (Å²) in [5, 5.41) is 0. The molecule has 0 radical (unpaired) electrons. The maximum absolute atomic E-state index is 13.1. The molecule has 4 nitrogen and oxygen atoms in total. The second-order valence-corrected chi connectivity index (χ2v) is 10.2. The molecule has 0 spiro atoms. The highest BCUT2D eigenvalue weighted by Crippen LogP contribution is 2.33. The molecule has 134 valence electrons. The van der Waals surface area contributed by atoms with Gasteiger partial charge in [0.05, 0.1) is 4.90 Å². The molecule has 3 aliphatic heterocycles. The highest BCUT2D eigenvalue weighted by Gasteiger charge is 2.41. The van der Waals surface area contributed by atoms with Crippen LogP contribution in [0.2, 0.25) is 0 Å². The first-order chi connectivity index (χ1) is 11.1. The van der Waals surface area contributed by atoms with Crippen LogP contribution in [0, 0.1) is 12.8 Å². The standard InChI is InChI=1S/C19H30N2O2S/c1-13-6-7-16(19(3,4)5)12-17(13)24(22,23)20-18-14(2)21-10-8-15(18)9-11-21/h6-7,12,14-15,18,20H,8-11H2,1-5H3/t14-,18-/m1/s1. The summed E-state index contributed by atoms with van der Waals surface area (Å²) in [5.41, 5.74) is 1.79. The van der Waals surface area contributed by atoms with Gasteiger partial charge < -0.3 is 0 Å². The Morgan fingerprint density at radius 1 is 1.17 bits per heavy atom. The van der Waals surface area contributed by atoms with Crippen molar-refractivity contribution in [3.8, 4) is 0 Å². The number of fused-ring (bicyclic) bond motifs is 3. The molecule has 0 saturated carbocycles. The fourth-order valence-corrected chi connectivity index (χ4v) is 5.75. The van der Waals surface area contributed by atoms with Crippen LogP contribution < -0.4 is 4.72 Å². The third-order valence-corrected chi connectivity index (χ3v) is 7.41. The van der Waals surface area contributed by atoms with Gasteiger partial charge in [0.2, 0.25) is 10.0 Å². The van der Waals surface area contributed by atoms with Gasteiger partial charge in [0.15, 0.2) is 0 Å². The van der Waals surface area contributed by atoms with Crippen molar-refractivity contribution >= 4 is 10.0 Å². The van der Waals surface area contributed by atoms with E-state index in [1.54, 1.807) is 0 Å². The van der Waals surface area contributed by atoms with Gasteiger partial charge in [-0.2, -0.15) is 0 Å². The zero-order chi connectivity index (χ0) is 17.7. The van der Waals surface area contributed by atoms with Crippen molar-refractivity contribution in [2.24, 2.45) is 5.92 Å². The summed E-state index contributed by atoms with van der Waals surface area (Å²) in [4.78, 5) is 2.84. The highest BCUT2D eigenvalue weighted by molar-refractivity contribution is 7.89. The van der Waals surface area contributed by atoms with E-state index in [0.29, 0.717) is 10.8 Å². The molecular formula is C19H30N2O2S. The lowest BCUT2D eigenvalue weighted by molar-refractivity contribution is 0.0314. The number of hydrogen-bond donors (Lipinski definition) is 1. The lowest BCUT2D eigenvalue weighted by Crippen LogP contribution is -2.62. The van der Waals surface area contributed by atoms with Crippen LogP contribution in [0.15, 0.2) is 23.1 Å². The fraction of sp³-hybridized carbons (Fsp3) is 0.684. The predicted octanol–water partition coefficient (Wildman–Crippen LogP) is 3.05. The third kappa shape index (κ3) is 3.26. The lowest BCUT2D eigenvalue weighted by Gasteiger charge is -2.49. The van der Waals surface area contributed by atoms with E-state index in [2.05, 4.69) is 37.3 Å². The van der Waals surface area contributed by atoms with Crippen LogP contribution in [-0.4, -0.2) is 38.5 Å². The molecule has 4 rings (SSSR count). The maximum atomic E-state index is 13.1. The number of aryl methyl sites for hydroxylation is 1. The number of sulfonamides is 1. The van der Waals surface area contributed by atoms with Crippen LogP contribution in [0.25, 0.3) is 0 Å². The number of rotatable bonds is 3. The zero-order valence-corrected chi connectivity index (χ0v) is 16.3. The summed E-state index contributed by atoms with van der Waals surface area (Å²) < 4.78 is 29.2. The smallest absolute Gasteiger partial charge is 0.241 e. The van der Waals surface area contributed by atoms with E-state index in [1.807, 2.05) is 25.1 Å². The molecule has 0 unspecified atom stereocenters. The molecular weight excluding hydrogens is 320 g/mol. The van der Waals surface area contributed by atoms with E-state index in [9.17, 15) is 8.42 Å². The van der Waals surface area contributed by atoms with Gasteiger partial charge in [0.25, 0.3) is 0 Å². The molecule has 3 fully saturated rings. The van der Waals surface area contributed by atoms with E-state index in [1.165, 1.54) is 0 Å². The Hall–Kier alpha value is -0.910. The molecule has 2 atom stereocenters. The first-order valence-electron chi connectivity index (χ1n) is 8.97. The van der Waals surface area contributed by atoms with Gasteiger partial charge in [0, 0.05) is 12.1 Å². The van der Waals surface area contributed by atoms with Crippen molar-refractivity contribution < 1.29 is 8.42 Å². The molecule has 2 bridgehead atoms. The summed E-state index contributed by atoms with van der Waals surface area (Å²) in [6, 6.07) is 6.11. The van der Waals surface area contributed by atoms with Crippen molar-refractivity contribution in [1.82, 2.24) is 9.62 Å². The summed E-state index contributed by atoms with van der Waals surface area (Å²) >= 11 is 0. The van der Waals surface area contributed by atoms with Gasteiger partial charge >= 0.3 is 0 Å².